The molecule has 19 heteroatoms. The molecule has 0 saturated carbocycles. The van der Waals surface area contributed by atoms with Gasteiger partial charge in [0.2, 0.25) is 0 Å². The molecule has 0 aliphatic carbocycles. The lowest BCUT2D eigenvalue weighted by molar-refractivity contribution is -0.161. The molecule has 0 aliphatic heterocycles. The van der Waals surface area contributed by atoms with Gasteiger partial charge in [0.05, 0.1) is 26.4 Å². The van der Waals surface area contributed by atoms with Gasteiger partial charge in [0.25, 0.3) is 0 Å². The first kappa shape index (κ1) is 78.5. The minimum absolute atomic E-state index is 0.0967. The van der Waals surface area contributed by atoms with Crippen molar-refractivity contribution in [1.29, 1.82) is 0 Å². The van der Waals surface area contributed by atoms with Crippen LogP contribution in [0.5, 0.6) is 0 Å². The summed E-state index contributed by atoms with van der Waals surface area (Å²) < 4.78 is 67.4. The highest BCUT2D eigenvalue weighted by molar-refractivity contribution is 7.47. The van der Waals surface area contributed by atoms with E-state index >= 15 is 0 Å². The normalized spacial score (nSPS) is 14.4. The third-order valence-corrected chi connectivity index (χ3v) is 15.6. The predicted octanol–water partition coefficient (Wildman–Crippen LogP) is 16.7. The molecule has 476 valence electrons. The Morgan fingerprint density at radius 1 is 0.346 bits per heavy atom. The Hall–Kier alpha value is -2.46. The second-order valence-electron chi connectivity index (χ2n) is 21.8. The van der Waals surface area contributed by atoms with Crippen molar-refractivity contribution in [2.24, 2.45) is 0 Å². The fourth-order valence-corrected chi connectivity index (χ4v) is 10.3. The molecule has 0 fully saturated rings. The van der Waals surface area contributed by atoms with Crippen molar-refractivity contribution in [2.75, 3.05) is 39.6 Å². The van der Waals surface area contributed by atoms with Gasteiger partial charge in [-0.1, -0.05) is 238 Å². The van der Waals surface area contributed by atoms with E-state index in [0.717, 1.165) is 116 Å². The number of phosphoric acid groups is 2. The Balaban J connectivity index is 5.15. The smallest absolute Gasteiger partial charge is 0.462 e. The van der Waals surface area contributed by atoms with Gasteiger partial charge in [0.15, 0.2) is 12.2 Å². The molecule has 0 spiro atoms. The Morgan fingerprint density at radius 3 is 0.901 bits per heavy atom. The molecular weight excluding hydrogens is 1080 g/mol. The van der Waals surface area contributed by atoms with Gasteiger partial charge in [-0.15, -0.1) is 0 Å². The lowest BCUT2D eigenvalue weighted by atomic mass is 10.0. The maximum Gasteiger partial charge on any atom is 0.472 e. The average molecular weight is 1200 g/mol. The van der Waals surface area contributed by atoms with Gasteiger partial charge in [-0.2, -0.15) is 0 Å². The standard InChI is InChI=1S/C62H116O17P2/c1-5-9-13-17-19-21-23-25-27-29-31-33-35-37-41-45-49-62(67)79-58(53-73-60(65)47-43-40-36-34-32-30-28-26-24-22-20-18-14-10-6-2)55-77-81(70,71)75-51-56(63)50-74-80(68,69)76-54-57(78-61(66)48-44-39-16-12-8-4)52-72-59(64)46-42-38-15-11-7-3/h22,24,26,28,56-58,63H,5-21,23,25,27,29-55H2,1-4H3,(H,68,69)(H,70,71)/b24-22-,28-26-/t56-,57+,58+/m0/s1. The van der Waals surface area contributed by atoms with E-state index in [4.69, 9.17) is 37.0 Å². The van der Waals surface area contributed by atoms with Crippen molar-refractivity contribution in [3.8, 4) is 0 Å². The zero-order chi connectivity index (χ0) is 59.8. The van der Waals surface area contributed by atoms with Crippen LogP contribution in [0.15, 0.2) is 24.3 Å². The minimum Gasteiger partial charge on any atom is -0.462 e. The minimum atomic E-state index is -4.95. The fraction of sp³-hybridized carbons (Fsp3) is 0.871. The molecule has 81 heavy (non-hydrogen) atoms. The number of aliphatic hydroxyl groups is 1. The van der Waals surface area contributed by atoms with Crippen LogP contribution in [0, 0.1) is 0 Å². The van der Waals surface area contributed by atoms with Gasteiger partial charge in [0, 0.05) is 25.7 Å². The number of hydrogen-bond donors (Lipinski definition) is 3. The average Bonchev–Trinajstić information content (AvgIpc) is 3.45. The molecule has 0 aromatic heterocycles. The van der Waals surface area contributed by atoms with Gasteiger partial charge in [-0.25, -0.2) is 9.13 Å². The number of phosphoric ester groups is 2. The summed E-state index contributed by atoms with van der Waals surface area (Å²) in [5.74, 6) is -2.19. The number of aliphatic hydroxyl groups excluding tert-OH is 1. The number of carbonyl (C=O) groups excluding carboxylic acids is 4. The van der Waals surface area contributed by atoms with Crippen LogP contribution in [0.2, 0.25) is 0 Å². The summed E-state index contributed by atoms with van der Waals surface area (Å²) in [5, 5.41) is 10.5. The molecule has 0 heterocycles. The summed E-state index contributed by atoms with van der Waals surface area (Å²) in [6.07, 6.45) is 44.7. The van der Waals surface area contributed by atoms with Crippen LogP contribution >= 0.6 is 15.6 Å². The van der Waals surface area contributed by atoms with Crippen molar-refractivity contribution in [3.63, 3.8) is 0 Å². The Bertz CT molecular complexity index is 1660. The van der Waals surface area contributed by atoms with Gasteiger partial charge >= 0.3 is 39.5 Å². The van der Waals surface area contributed by atoms with E-state index in [9.17, 15) is 43.2 Å². The number of unbranched alkanes of at least 4 members (excludes halogenated alkanes) is 32. The lowest BCUT2D eigenvalue weighted by Crippen LogP contribution is -2.30. The molecule has 3 N–H and O–H groups in total. The van der Waals surface area contributed by atoms with Crippen molar-refractivity contribution in [2.45, 2.75) is 309 Å². The van der Waals surface area contributed by atoms with Gasteiger partial charge in [-0.3, -0.25) is 37.3 Å². The summed E-state index contributed by atoms with van der Waals surface area (Å²) in [4.78, 5) is 71.6. The van der Waals surface area contributed by atoms with Crippen LogP contribution in [-0.4, -0.2) is 96.7 Å². The summed E-state index contributed by atoms with van der Waals surface area (Å²) in [7, 11) is -9.87. The first-order valence-corrected chi connectivity index (χ1v) is 35.1. The zero-order valence-electron chi connectivity index (χ0n) is 51.2. The molecule has 0 aromatic carbocycles. The summed E-state index contributed by atoms with van der Waals surface area (Å²) in [6.45, 7) is 4.63. The van der Waals surface area contributed by atoms with E-state index in [1.165, 1.54) is 96.3 Å². The molecule has 0 bridgehead atoms. The maximum absolute atomic E-state index is 13.0. The Kier molecular flexibility index (Phi) is 54.9. The van der Waals surface area contributed by atoms with E-state index in [-0.39, 0.29) is 25.7 Å². The summed E-state index contributed by atoms with van der Waals surface area (Å²) in [6, 6.07) is 0. The first-order chi connectivity index (χ1) is 39.2. The Labute approximate surface area is 491 Å². The Morgan fingerprint density at radius 2 is 0.593 bits per heavy atom. The number of rotatable bonds is 61. The number of carbonyl (C=O) groups is 4. The zero-order valence-corrected chi connectivity index (χ0v) is 53.0. The molecule has 0 radical (unpaired) electrons. The number of hydrogen-bond acceptors (Lipinski definition) is 15. The van der Waals surface area contributed by atoms with Gasteiger partial charge in [0.1, 0.15) is 19.3 Å². The van der Waals surface area contributed by atoms with Gasteiger partial charge < -0.3 is 33.8 Å². The van der Waals surface area contributed by atoms with E-state index in [0.29, 0.717) is 25.7 Å². The SMILES string of the molecule is CCCCCC/C=C\C=C/CCCCCCCC(=O)OC[C@H](COP(=O)(O)OC[C@@H](O)COP(=O)(O)OC[C@@H](COC(=O)CCCCCCC)OC(=O)CCCCCCC)OC(=O)CCCCCCCCCCCCCCCCCC. The highest BCUT2D eigenvalue weighted by Crippen LogP contribution is 2.45. The molecule has 0 aromatic rings. The number of allylic oxidation sites excluding steroid dienone is 4. The molecule has 0 saturated heterocycles. The molecule has 5 atom stereocenters. The fourth-order valence-electron chi connectivity index (χ4n) is 8.74. The maximum atomic E-state index is 13.0. The monoisotopic (exact) mass is 1190 g/mol. The van der Waals surface area contributed by atoms with E-state index in [1.807, 2.05) is 0 Å². The third-order valence-electron chi connectivity index (χ3n) is 13.7. The van der Waals surface area contributed by atoms with Crippen LogP contribution in [0.25, 0.3) is 0 Å². The quantitative estimate of drug-likeness (QED) is 0.0169. The van der Waals surface area contributed by atoms with Gasteiger partial charge in [-0.05, 0) is 51.4 Å². The van der Waals surface area contributed by atoms with Crippen LogP contribution < -0.4 is 0 Å². The van der Waals surface area contributed by atoms with Crippen LogP contribution in [0.1, 0.15) is 291 Å². The third kappa shape index (κ3) is 56.4. The first-order valence-electron chi connectivity index (χ1n) is 32.1. The predicted molar refractivity (Wildman–Crippen MR) is 321 cm³/mol. The molecule has 17 nitrogen and oxygen atoms in total. The second-order valence-corrected chi connectivity index (χ2v) is 24.7. The summed E-state index contributed by atoms with van der Waals surface area (Å²) >= 11 is 0. The van der Waals surface area contributed by atoms with Crippen molar-refractivity contribution >= 4 is 39.5 Å². The number of esters is 4. The van der Waals surface area contributed by atoms with E-state index < -0.39 is 97.5 Å². The number of ether oxygens (including phenoxy) is 4. The molecular formula is C62H116O17P2. The molecule has 0 rings (SSSR count). The molecule has 0 amide bonds. The molecule has 2 unspecified atom stereocenters. The molecule has 0 aliphatic rings. The van der Waals surface area contributed by atoms with Crippen LogP contribution in [0.3, 0.4) is 0 Å². The highest BCUT2D eigenvalue weighted by atomic mass is 31.2. The highest BCUT2D eigenvalue weighted by Gasteiger charge is 2.30. The summed E-state index contributed by atoms with van der Waals surface area (Å²) in [5.41, 5.74) is 0. The van der Waals surface area contributed by atoms with Crippen molar-refractivity contribution in [3.05, 3.63) is 24.3 Å². The van der Waals surface area contributed by atoms with Crippen LogP contribution in [0.4, 0.5) is 0 Å². The van der Waals surface area contributed by atoms with E-state index in [2.05, 4.69) is 52.0 Å². The van der Waals surface area contributed by atoms with E-state index in [1.54, 1.807) is 0 Å². The van der Waals surface area contributed by atoms with Crippen LogP contribution in [-0.2, 0) is 65.4 Å². The topological polar surface area (TPSA) is 237 Å². The van der Waals surface area contributed by atoms with Crippen molar-refractivity contribution < 1.29 is 80.2 Å². The second kappa shape index (κ2) is 56.7. The largest absolute Gasteiger partial charge is 0.472 e. The van der Waals surface area contributed by atoms with Crippen molar-refractivity contribution in [1.82, 2.24) is 0 Å². The lowest BCUT2D eigenvalue weighted by Gasteiger charge is -2.21.